The SMILES string of the molecule is CCOc1ccc(-c2nc(S(=O)(=O)c3ccc(Br)cc3)c(N3CCN(c4cccc(Cl)c4)CC3)o2)cc1. The fourth-order valence-corrected chi connectivity index (χ4v) is 5.99. The van der Waals surface area contributed by atoms with Crippen LogP contribution in [0.2, 0.25) is 5.02 Å². The first-order chi connectivity index (χ1) is 17.8. The second-order valence-electron chi connectivity index (χ2n) is 8.50. The lowest BCUT2D eigenvalue weighted by molar-refractivity contribution is 0.340. The minimum Gasteiger partial charge on any atom is -0.494 e. The molecule has 0 atom stereocenters. The summed E-state index contributed by atoms with van der Waals surface area (Å²) >= 11 is 9.54. The molecule has 0 unspecified atom stereocenters. The number of ether oxygens (including phenoxy) is 1. The standard InChI is InChI=1S/C27H25BrClN3O4S/c1-2-35-23-10-6-19(7-11-23)25-30-26(37(33,34)24-12-8-20(28)9-13-24)27(36-25)32-16-14-31(15-17-32)22-5-3-4-21(29)18-22/h3-13,18H,2,14-17H2,1H3. The van der Waals surface area contributed by atoms with E-state index in [4.69, 9.17) is 20.8 Å². The number of halogens is 2. The van der Waals surface area contributed by atoms with Gasteiger partial charge in [0.05, 0.1) is 11.5 Å². The second-order valence-corrected chi connectivity index (χ2v) is 11.7. The van der Waals surface area contributed by atoms with Gasteiger partial charge in [0.25, 0.3) is 0 Å². The van der Waals surface area contributed by atoms with Gasteiger partial charge in [-0.1, -0.05) is 33.6 Å². The van der Waals surface area contributed by atoms with E-state index in [1.54, 1.807) is 24.3 Å². The normalized spacial score (nSPS) is 14.1. The highest BCUT2D eigenvalue weighted by molar-refractivity contribution is 9.10. The van der Waals surface area contributed by atoms with Crippen LogP contribution in [-0.2, 0) is 9.84 Å². The van der Waals surface area contributed by atoms with Crippen molar-refractivity contribution in [2.24, 2.45) is 0 Å². The van der Waals surface area contributed by atoms with Gasteiger partial charge in [0.2, 0.25) is 26.6 Å². The number of nitrogens with zero attached hydrogens (tertiary/aromatic N) is 3. The average molecular weight is 603 g/mol. The highest BCUT2D eigenvalue weighted by Crippen LogP contribution is 2.36. The Morgan fingerprint density at radius 2 is 1.65 bits per heavy atom. The molecule has 37 heavy (non-hydrogen) atoms. The molecule has 4 aromatic rings. The highest BCUT2D eigenvalue weighted by Gasteiger charge is 2.33. The Bertz CT molecular complexity index is 1480. The van der Waals surface area contributed by atoms with E-state index >= 15 is 0 Å². The number of oxazole rings is 1. The maximum atomic E-state index is 13.7. The molecule has 0 radical (unpaired) electrons. The summed E-state index contributed by atoms with van der Waals surface area (Å²) in [6, 6.07) is 21.5. The van der Waals surface area contributed by atoms with Gasteiger partial charge >= 0.3 is 0 Å². The number of aromatic nitrogens is 1. The minimum absolute atomic E-state index is 0.0880. The van der Waals surface area contributed by atoms with Crippen LogP contribution in [0.4, 0.5) is 11.6 Å². The Labute approximate surface area is 229 Å². The van der Waals surface area contributed by atoms with Crippen molar-refractivity contribution in [3.63, 3.8) is 0 Å². The van der Waals surface area contributed by atoms with Crippen LogP contribution < -0.4 is 14.5 Å². The minimum atomic E-state index is -3.93. The largest absolute Gasteiger partial charge is 0.494 e. The van der Waals surface area contributed by atoms with Crippen molar-refractivity contribution in [1.82, 2.24) is 4.98 Å². The molecule has 0 amide bonds. The van der Waals surface area contributed by atoms with E-state index < -0.39 is 9.84 Å². The predicted molar refractivity (Wildman–Crippen MR) is 149 cm³/mol. The zero-order valence-corrected chi connectivity index (χ0v) is 23.3. The zero-order chi connectivity index (χ0) is 26.0. The number of rotatable bonds is 7. The highest BCUT2D eigenvalue weighted by atomic mass is 79.9. The predicted octanol–water partition coefficient (Wildman–Crippen LogP) is 6.32. The molecule has 1 fully saturated rings. The summed E-state index contributed by atoms with van der Waals surface area (Å²) < 4.78 is 39.9. The molecule has 1 aliphatic rings. The number of benzene rings is 3. The molecule has 3 aromatic carbocycles. The first-order valence-corrected chi connectivity index (χ1v) is 14.5. The van der Waals surface area contributed by atoms with Crippen LogP contribution in [0.15, 0.2) is 91.6 Å². The molecule has 0 bridgehead atoms. The Hall–Kier alpha value is -3.01. The molecule has 1 aliphatic heterocycles. The molecule has 0 spiro atoms. The van der Waals surface area contributed by atoms with Crippen molar-refractivity contribution in [3.8, 4) is 17.2 Å². The van der Waals surface area contributed by atoms with Crippen molar-refractivity contribution < 1.29 is 17.6 Å². The van der Waals surface area contributed by atoms with Crippen LogP contribution in [0.5, 0.6) is 5.75 Å². The maximum Gasteiger partial charge on any atom is 0.236 e. The quantitative estimate of drug-likeness (QED) is 0.245. The molecular formula is C27H25BrClN3O4S. The van der Waals surface area contributed by atoms with Gasteiger partial charge in [0.15, 0.2) is 0 Å². The number of sulfone groups is 1. The maximum absolute atomic E-state index is 13.7. The Balaban J connectivity index is 1.49. The van der Waals surface area contributed by atoms with Crippen LogP contribution in [0, 0.1) is 0 Å². The fourth-order valence-electron chi connectivity index (χ4n) is 4.22. The van der Waals surface area contributed by atoms with Crippen molar-refractivity contribution in [2.45, 2.75) is 16.8 Å². The Morgan fingerprint density at radius 1 is 0.973 bits per heavy atom. The van der Waals surface area contributed by atoms with Crippen LogP contribution in [0.25, 0.3) is 11.5 Å². The van der Waals surface area contributed by atoms with E-state index in [-0.39, 0.29) is 21.7 Å². The summed E-state index contributed by atoms with van der Waals surface area (Å²) in [6.45, 7) is 4.95. The van der Waals surface area contributed by atoms with Crippen LogP contribution in [0.3, 0.4) is 0 Å². The molecule has 0 saturated carbocycles. The van der Waals surface area contributed by atoms with E-state index in [2.05, 4.69) is 25.8 Å². The van der Waals surface area contributed by atoms with E-state index in [1.165, 1.54) is 0 Å². The summed E-state index contributed by atoms with van der Waals surface area (Å²) in [5.74, 6) is 1.21. The van der Waals surface area contributed by atoms with Gasteiger partial charge in [-0.2, -0.15) is 4.98 Å². The van der Waals surface area contributed by atoms with Crippen LogP contribution in [0.1, 0.15) is 6.92 Å². The van der Waals surface area contributed by atoms with Crippen LogP contribution in [-0.4, -0.2) is 46.2 Å². The van der Waals surface area contributed by atoms with Crippen molar-refractivity contribution >= 4 is 48.9 Å². The molecule has 1 aromatic heterocycles. The Morgan fingerprint density at radius 3 is 2.30 bits per heavy atom. The molecular weight excluding hydrogens is 578 g/mol. The van der Waals surface area contributed by atoms with Gasteiger partial charge in [-0.25, -0.2) is 8.42 Å². The van der Waals surface area contributed by atoms with Crippen LogP contribution >= 0.6 is 27.5 Å². The molecule has 192 valence electrons. The van der Waals surface area contributed by atoms with Gasteiger partial charge in [0.1, 0.15) is 5.75 Å². The third kappa shape index (κ3) is 5.49. The van der Waals surface area contributed by atoms with Gasteiger partial charge in [-0.3, -0.25) is 0 Å². The van der Waals surface area contributed by atoms with E-state index in [9.17, 15) is 8.42 Å². The smallest absolute Gasteiger partial charge is 0.236 e. The molecule has 2 heterocycles. The van der Waals surface area contributed by atoms with Gasteiger partial charge in [0, 0.05) is 46.9 Å². The lowest BCUT2D eigenvalue weighted by atomic mass is 10.2. The third-order valence-corrected chi connectivity index (χ3v) is 8.54. The summed E-state index contributed by atoms with van der Waals surface area (Å²) in [5, 5.41) is 0.591. The van der Waals surface area contributed by atoms with E-state index in [0.29, 0.717) is 43.4 Å². The first-order valence-electron chi connectivity index (χ1n) is 11.9. The molecule has 5 rings (SSSR count). The third-order valence-electron chi connectivity index (χ3n) is 6.11. The van der Waals surface area contributed by atoms with Gasteiger partial charge in [-0.15, -0.1) is 0 Å². The Kier molecular flexibility index (Phi) is 7.46. The summed E-state index contributed by atoms with van der Waals surface area (Å²) in [5.41, 5.74) is 1.70. The molecule has 1 saturated heterocycles. The lowest BCUT2D eigenvalue weighted by Gasteiger charge is -2.36. The number of hydrogen-bond donors (Lipinski definition) is 0. The summed E-state index contributed by atoms with van der Waals surface area (Å²) in [6.07, 6.45) is 0. The first kappa shape index (κ1) is 25.6. The van der Waals surface area contributed by atoms with Crippen molar-refractivity contribution in [1.29, 1.82) is 0 Å². The van der Waals surface area contributed by atoms with E-state index in [0.717, 1.165) is 15.9 Å². The zero-order valence-electron chi connectivity index (χ0n) is 20.1. The van der Waals surface area contributed by atoms with Crippen molar-refractivity contribution in [2.75, 3.05) is 42.6 Å². The number of hydrogen-bond acceptors (Lipinski definition) is 7. The van der Waals surface area contributed by atoms with Crippen molar-refractivity contribution in [3.05, 3.63) is 82.3 Å². The topological polar surface area (TPSA) is 75.9 Å². The van der Waals surface area contributed by atoms with Gasteiger partial charge in [-0.05, 0) is 73.7 Å². The lowest BCUT2D eigenvalue weighted by Crippen LogP contribution is -2.46. The average Bonchev–Trinajstić information content (AvgIpc) is 3.36. The number of anilines is 2. The monoisotopic (exact) mass is 601 g/mol. The fraction of sp³-hybridized carbons (Fsp3) is 0.222. The molecule has 0 aliphatic carbocycles. The molecule has 10 heteroatoms. The van der Waals surface area contributed by atoms with E-state index in [1.807, 2.05) is 60.4 Å². The summed E-state index contributed by atoms with van der Waals surface area (Å²) in [4.78, 5) is 8.82. The van der Waals surface area contributed by atoms with Gasteiger partial charge < -0.3 is 19.0 Å². The number of piperazine rings is 1. The summed E-state index contributed by atoms with van der Waals surface area (Å²) in [7, 11) is -3.93. The second kappa shape index (κ2) is 10.8. The molecule has 0 N–H and O–H groups in total. The molecule has 7 nitrogen and oxygen atoms in total.